The number of ether oxygens (including phenoxy) is 2. The first-order valence-electron chi connectivity index (χ1n) is 7.47. The van der Waals surface area contributed by atoms with E-state index in [1.807, 2.05) is 12.1 Å². The zero-order valence-corrected chi connectivity index (χ0v) is 13.0. The fourth-order valence-corrected chi connectivity index (χ4v) is 2.82. The van der Waals surface area contributed by atoms with Crippen LogP contribution in [0.2, 0.25) is 0 Å². The van der Waals surface area contributed by atoms with E-state index < -0.39 is 6.10 Å². The van der Waals surface area contributed by atoms with Crippen LogP contribution >= 0.6 is 0 Å². The molecule has 20 heavy (non-hydrogen) atoms. The largest absolute Gasteiger partial charge is 0.493 e. The molecule has 2 rings (SSSR count). The van der Waals surface area contributed by atoms with E-state index in [0.29, 0.717) is 0 Å². The van der Waals surface area contributed by atoms with Gasteiger partial charge >= 0.3 is 0 Å². The van der Waals surface area contributed by atoms with Gasteiger partial charge in [-0.2, -0.15) is 0 Å². The van der Waals surface area contributed by atoms with Crippen molar-refractivity contribution in [3.05, 3.63) is 23.8 Å². The summed E-state index contributed by atoms with van der Waals surface area (Å²) in [5.41, 5.74) is 1.44. The highest BCUT2D eigenvalue weighted by Crippen LogP contribution is 2.39. The quantitative estimate of drug-likeness (QED) is 0.915. The van der Waals surface area contributed by atoms with Crippen molar-refractivity contribution in [2.75, 3.05) is 7.11 Å². The predicted molar refractivity (Wildman–Crippen MR) is 80.4 cm³/mol. The highest BCUT2D eigenvalue weighted by Gasteiger charge is 2.35. The van der Waals surface area contributed by atoms with Crippen LogP contribution in [-0.4, -0.2) is 24.4 Å². The molecule has 1 aliphatic rings. The second-order valence-electron chi connectivity index (χ2n) is 6.47. The molecule has 1 fully saturated rings. The van der Waals surface area contributed by atoms with Crippen molar-refractivity contribution in [2.45, 2.75) is 58.7 Å². The van der Waals surface area contributed by atoms with Gasteiger partial charge in [-0.3, -0.25) is 0 Å². The smallest absolute Gasteiger partial charge is 0.161 e. The zero-order chi connectivity index (χ0) is 14.8. The molecule has 112 valence electrons. The average molecular weight is 278 g/mol. The second kappa shape index (κ2) is 6.04. The molecule has 0 spiro atoms. The first kappa shape index (κ1) is 15.2. The minimum Gasteiger partial charge on any atom is -0.493 e. The van der Waals surface area contributed by atoms with Crippen LogP contribution in [0.4, 0.5) is 0 Å². The summed E-state index contributed by atoms with van der Waals surface area (Å²) in [6, 6.07) is 6.01. The van der Waals surface area contributed by atoms with Gasteiger partial charge in [0.25, 0.3) is 0 Å². The molecule has 0 aliphatic heterocycles. The Kier molecular flexibility index (Phi) is 4.59. The van der Waals surface area contributed by atoms with Crippen molar-refractivity contribution in [1.82, 2.24) is 0 Å². The van der Waals surface area contributed by atoms with Gasteiger partial charge in [-0.05, 0) is 48.8 Å². The molecule has 0 bridgehead atoms. The molecule has 1 aromatic rings. The van der Waals surface area contributed by atoms with E-state index >= 15 is 0 Å². The van der Waals surface area contributed by atoms with E-state index in [-0.39, 0.29) is 11.5 Å². The van der Waals surface area contributed by atoms with Crippen LogP contribution in [0.25, 0.3) is 0 Å². The van der Waals surface area contributed by atoms with Crippen LogP contribution in [-0.2, 0) is 6.42 Å². The maximum Gasteiger partial charge on any atom is 0.161 e. The van der Waals surface area contributed by atoms with Crippen LogP contribution in [0.5, 0.6) is 11.5 Å². The zero-order valence-electron chi connectivity index (χ0n) is 13.0. The Bertz CT molecular complexity index is 454. The van der Waals surface area contributed by atoms with E-state index in [2.05, 4.69) is 26.8 Å². The van der Waals surface area contributed by atoms with Gasteiger partial charge in [-0.25, -0.2) is 0 Å². The Labute approximate surface area is 121 Å². The van der Waals surface area contributed by atoms with Crippen LogP contribution < -0.4 is 9.47 Å². The Hall–Kier alpha value is -1.22. The molecule has 1 aliphatic carbocycles. The predicted octanol–water partition coefficient (Wildman–Crippen LogP) is 3.58. The molecule has 0 aromatic heterocycles. The summed E-state index contributed by atoms with van der Waals surface area (Å²) in [6.07, 6.45) is 3.13. The lowest BCUT2D eigenvalue weighted by molar-refractivity contribution is -0.0313. The molecular weight excluding hydrogens is 252 g/mol. The number of aliphatic hydroxyl groups is 1. The minimum absolute atomic E-state index is 0.153. The molecule has 0 radical (unpaired) electrons. The Morgan fingerprint density at radius 1 is 1.30 bits per heavy atom. The van der Waals surface area contributed by atoms with Crippen LogP contribution in [0.1, 0.15) is 45.6 Å². The summed E-state index contributed by atoms with van der Waals surface area (Å²) in [5, 5.41) is 10.2. The van der Waals surface area contributed by atoms with Gasteiger partial charge in [0.1, 0.15) is 6.10 Å². The fourth-order valence-electron chi connectivity index (χ4n) is 2.82. The number of rotatable bonds is 4. The third-order valence-electron chi connectivity index (χ3n) is 4.21. The molecule has 1 aromatic carbocycles. The van der Waals surface area contributed by atoms with E-state index in [4.69, 9.17) is 9.47 Å². The molecule has 0 saturated heterocycles. The summed E-state index contributed by atoms with van der Waals surface area (Å²) < 4.78 is 11.5. The van der Waals surface area contributed by atoms with Crippen molar-refractivity contribution in [2.24, 2.45) is 5.41 Å². The molecule has 3 nitrogen and oxygen atoms in total. The standard InChI is InChI=1S/C17H26O3/c1-5-12-6-7-14(15(10-12)19-4)20-16-11-17(2,3)9-8-13(16)18/h6-7,10,13,16,18H,5,8-9,11H2,1-4H3. The van der Waals surface area contributed by atoms with Gasteiger partial charge in [0.05, 0.1) is 13.2 Å². The lowest BCUT2D eigenvalue weighted by Crippen LogP contribution is -2.41. The first-order chi connectivity index (χ1) is 9.45. The van der Waals surface area contributed by atoms with Crippen molar-refractivity contribution in [1.29, 1.82) is 0 Å². The van der Waals surface area contributed by atoms with Crippen LogP contribution in [0.15, 0.2) is 18.2 Å². The second-order valence-corrected chi connectivity index (χ2v) is 6.47. The van der Waals surface area contributed by atoms with E-state index in [0.717, 1.165) is 37.2 Å². The Balaban J connectivity index is 2.16. The summed E-state index contributed by atoms with van der Waals surface area (Å²) >= 11 is 0. The van der Waals surface area contributed by atoms with Crippen molar-refractivity contribution < 1.29 is 14.6 Å². The topological polar surface area (TPSA) is 38.7 Å². The van der Waals surface area contributed by atoms with Gasteiger partial charge < -0.3 is 14.6 Å². The SMILES string of the molecule is CCc1ccc(OC2CC(C)(C)CCC2O)c(OC)c1. The summed E-state index contributed by atoms with van der Waals surface area (Å²) in [5.74, 6) is 1.48. The van der Waals surface area contributed by atoms with E-state index in [1.54, 1.807) is 7.11 Å². The van der Waals surface area contributed by atoms with Crippen molar-refractivity contribution >= 4 is 0 Å². The number of benzene rings is 1. The van der Waals surface area contributed by atoms with Gasteiger partial charge in [0, 0.05) is 0 Å². The van der Waals surface area contributed by atoms with Gasteiger partial charge in [0.2, 0.25) is 0 Å². The summed E-state index contributed by atoms with van der Waals surface area (Å²) in [7, 11) is 1.66. The summed E-state index contributed by atoms with van der Waals surface area (Å²) in [6.45, 7) is 6.57. The number of hydrogen-bond donors (Lipinski definition) is 1. The monoisotopic (exact) mass is 278 g/mol. The third-order valence-corrected chi connectivity index (χ3v) is 4.21. The lowest BCUT2D eigenvalue weighted by Gasteiger charge is -2.38. The lowest BCUT2D eigenvalue weighted by atomic mass is 9.75. The maximum absolute atomic E-state index is 10.2. The van der Waals surface area contributed by atoms with Gasteiger partial charge in [-0.15, -0.1) is 0 Å². The number of aliphatic hydroxyl groups excluding tert-OH is 1. The van der Waals surface area contributed by atoms with Crippen molar-refractivity contribution in [3.63, 3.8) is 0 Å². The number of hydrogen-bond acceptors (Lipinski definition) is 3. The highest BCUT2D eigenvalue weighted by molar-refractivity contribution is 5.43. The molecule has 0 amide bonds. The Morgan fingerprint density at radius 3 is 2.70 bits per heavy atom. The normalized spacial score (nSPS) is 25.2. The summed E-state index contributed by atoms with van der Waals surface area (Å²) in [4.78, 5) is 0. The maximum atomic E-state index is 10.2. The van der Waals surface area contributed by atoms with E-state index in [1.165, 1.54) is 5.56 Å². The van der Waals surface area contributed by atoms with Crippen molar-refractivity contribution in [3.8, 4) is 11.5 Å². The number of aryl methyl sites for hydroxylation is 1. The molecule has 1 N–H and O–H groups in total. The molecule has 2 unspecified atom stereocenters. The molecule has 2 atom stereocenters. The molecular formula is C17H26O3. The first-order valence-corrected chi connectivity index (χ1v) is 7.47. The highest BCUT2D eigenvalue weighted by atomic mass is 16.5. The minimum atomic E-state index is -0.390. The molecule has 1 saturated carbocycles. The van der Waals surface area contributed by atoms with Gasteiger partial charge in [0.15, 0.2) is 11.5 Å². The van der Waals surface area contributed by atoms with E-state index in [9.17, 15) is 5.11 Å². The number of methoxy groups -OCH3 is 1. The molecule has 3 heteroatoms. The molecule has 0 heterocycles. The fraction of sp³-hybridized carbons (Fsp3) is 0.647. The average Bonchev–Trinajstić information content (AvgIpc) is 2.43. The van der Waals surface area contributed by atoms with Gasteiger partial charge in [-0.1, -0.05) is 26.8 Å². The van der Waals surface area contributed by atoms with Crippen LogP contribution in [0.3, 0.4) is 0 Å². The third kappa shape index (κ3) is 3.45. The van der Waals surface area contributed by atoms with Crippen LogP contribution in [0, 0.1) is 5.41 Å². The Morgan fingerprint density at radius 2 is 2.05 bits per heavy atom.